The maximum atomic E-state index is 12.6. The number of fused-ring (bicyclic) bond motifs is 1. The zero-order valence-electron chi connectivity index (χ0n) is 17.3. The minimum absolute atomic E-state index is 0.0265. The molecule has 0 aliphatic carbocycles. The number of nitrogens with zero attached hydrogens (tertiary/aromatic N) is 2. The Morgan fingerprint density at radius 2 is 2.00 bits per heavy atom. The molecule has 0 saturated carbocycles. The lowest BCUT2D eigenvalue weighted by Gasteiger charge is -2.29. The molecule has 0 radical (unpaired) electrons. The fourth-order valence-corrected chi connectivity index (χ4v) is 3.23. The van der Waals surface area contributed by atoms with E-state index in [4.69, 9.17) is 11.5 Å². The molecule has 0 spiro atoms. The minimum atomic E-state index is -0.184. The van der Waals surface area contributed by atoms with Gasteiger partial charge in [0.15, 0.2) is 5.96 Å². The highest BCUT2D eigenvalue weighted by molar-refractivity contribution is 5.96. The number of nitrogens with two attached hydrogens (primary N) is 2. The van der Waals surface area contributed by atoms with E-state index in [0.29, 0.717) is 12.5 Å². The second-order valence-corrected chi connectivity index (χ2v) is 7.43. The smallest absolute Gasteiger partial charge is 0.327 e. The van der Waals surface area contributed by atoms with Gasteiger partial charge in [-0.3, -0.25) is 14.7 Å². The molecular formula is C21H29N7O2. The summed E-state index contributed by atoms with van der Waals surface area (Å²) in [5.74, 6) is 0.255. The Bertz CT molecular complexity index is 885. The van der Waals surface area contributed by atoms with E-state index in [-0.39, 0.29) is 37.0 Å². The molecule has 1 aromatic rings. The van der Waals surface area contributed by atoms with Crippen LogP contribution in [-0.2, 0) is 11.3 Å². The lowest BCUT2D eigenvalue weighted by molar-refractivity contribution is -0.121. The van der Waals surface area contributed by atoms with Gasteiger partial charge in [0.2, 0.25) is 5.91 Å². The number of anilines is 1. The van der Waals surface area contributed by atoms with Gasteiger partial charge < -0.3 is 27.4 Å². The van der Waals surface area contributed by atoms with Crippen molar-refractivity contribution in [1.82, 2.24) is 16.0 Å². The molecule has 2 unspecified atom stereocenters. The molecule has 3 rings (SSSR count). The normalized spacial score (nSPS) is 18.4. The van der Waals surface area contributed by atoms with Crippen LogP contribution in [0.3, 0.4) is 0 Å². The van der Waals surface area contributed by atoms with Gasteiger partial charge in [-0.15, -0.1) is 0 Å². The SMILES string of the molecule is CCC(C)C1=CC2=CN(c3ccc(CNC(=O)CCN=C(N)N)cc3)C(=O)NC2N1. The van der Waals surface area contributed by atoms with E-state index in [1.165, 1.54) is 0 Å². The summed E-state index contributed by atoms with van der Waals surface area (Å²) in [7, 11) is 0. The number of hydrogen-bond acceptors (Lipinski definition) is 4. The molecular weight excluding hydrogens is 382 g/mol. The van der Waals surface area contributed by atoms with Crippen LogP contribution in [0.4, 0.5) is 10.5 Å². The van der Waals surface area contributed by atoms with Crippen LogP contribution in [-0.4, -0.2) is 30.6 Å². The van der Waals surface area contributed by atoms with E-state index < -0.39 is 0 Å². The number of allylic oxidation sites excluding steroid dienone is 1. The number of guanidine groups is 1. The minimum Gasteiger partial charge on any atom is -0.370 e. The van der Waals surface area contributed by atoms with Crippen LogP contribution < -0.4 is 32.3 Å². The van der Waals surface area contributed by atoms with Crippen LogP contribution in [0.15, 0.2) is 52.8 Å². The fourth-order valence-electron chi connectivity index (χ4n) is 3.23. The molecule has 1 aromatic carbocycles. The first-order chi connectivity index (χ1) is 14.4. The van der Waals surface area contributed by atoms with E-state index in [9.17, 15) is 9.59 Å². The summed E-state index contributed by atoms with van der Waals surface area (Å²) < 4.78 is 0. The molecule has 0 fully saturated rings. The van der Waals surface area contributed by atoms with Crippen molar-refractivity contribution < 1.29 is 9.59 Å². The number of hydrogen-bond donors (Lipinski definition) is 5. The van der Waals surface area contributed by atoms with Gasteiger partial charge >= 0.3 is 6.03 Å². The molecule has 2 atom stereocenters. The molecule has 9 heteroatoms. The molecule has 2 aliphatic rings. The molecule has 30 heavy (non-hydrogen) atoms. The number of nitrogens with one attached hydrogen (secondary N) is 3. The Morgan fingerprint density at radius 1 is 1.27 bits per heavy atom. The number of urea groups is 1. The topological polar surface area (TPSA) is 138 Å². The molecule has 0 bridgehead atoms. The van der Waals surface area contributed by atoms with Crippen molar-refractivity contribution >= 4 is 23.6 Å². The van der Waals surface area contributed by atoms with Gasteiger partial charge in [0.05, 0.1) is 12.2 Å². The zero-order valence-corrected chi connectivity index (χ0v) is 17.3. The second kappa shape index (κ2) is 9.34. The second-order valence-electron chi connectivity index (χ2n) is 7.43. The monoisotopic (exact) mass is 411 g/mol. The van der Waals surface area contributed by atoms with Gasteiger partial charge in [0.1, 0.15) is 6.17 Å². The van der Waals surface area contributed by atoms with Crippen LogP contribution in [0, 0.1) is 5.92 Å². The van der Waals surface area contributed by atoms with E-state index in [1.54, 1.807) is 4.90 Å². The summed E-state index contributed by atoms with van der Waals surface area (Å²) in [5, 5.41) is 9.18. The van der Waals surface area contributed by atoms with Gasteiger partial charge in [-0.2, -0.15) is 0 Å². The Labute approximate surface area is 176 Å². The Hall–Kier alpha value is -3.49. The first-order valence-electron chi connectivity index (χ1n) is 10.1. The number of rotatable bonds is 8. The van der Waals surface area contributed by atoms with Crippen LogP contribution >= 0.6 is 0 Å². The highest BCUT2D eigenvalue weighted by Gasteiger charge is 2.31. The van der Waals surface area contributed by atoms with E-state index >= 15 is 0 Å². The number of amides is 3. The predicted octanol–water partition coefficient (Wildman–Crippen LogP) is 1.24. The first-order valence-corrected chi connectivity index (χ1v) is 10.1. The molecule has 2 aliphatic heterocycles. The van der Waals surface area contributed by atoms with E-state index in [2.05, 4.69) is 40.9 Å². The first kappa shape index (κ1) is 21.2. The lowest BCUT2D eigenvalue weighted by atomic mass is 10.1. The van der Waals surface area contributed by atoms with Crippen LogP contribution in [0.2, 0.25) is 0 Å². The van der Waals surface area contributed by atoms with Crippen molar-refractivity contribution in [2.45, 2.75) is 39.4 Å². The lowest BCUT2D eigenvalue weighted by Crippen LogP contribution is -2.52. The summed E-state index contributed by atoms with van der Waals surface area (Å²) >= 11 is 0. The number of benzene rings is 1. The zero-order chi connectivity index (χ0) is 21.7. The fraction of sp³-hybridized carbons (Fsp3) is 0.381. The van der Waals surface area contributed by atoms with Crippen molar-refractivity contribution in [3.05, 3.63) is 53.4 Å². The van der Waals surface area contributed by atoms with Crippen molar-refractivity contribution in [2.24, 2.45) is 22.4 Å². The number of carbonyl (C=O) groups excluding carboxylic acids is 2. The average Bonchev–Trinajstić information content (AvgIpc) is 3.14. The highest BCUT2D eigenvalue weighted by atomic mass is 16.2. The molecule has 9 nitrogen and oxygen atoms in total. The van der Waals surface area contributed by atoms with Gasteiger partial charge in [-0.05, 0) is 36.1 Å². The summed E-state index contributed by atoms with van der Waals surface area (Å²) in [6.07, 6.45) is 5.05. The molecule has 7 N–H and O–H groups in total. The molecule has 3 amide bonds. The van der Waals surface area contributed by atoms with Crippen LogP contribution in [0.5, 0.6) is 0 Å². The van der Waals surface area contributed by atoms with Crippen LogP contribution in [0.25, 0.3) is 0 Å². The third-order valence-corrected chi connectivity index (χ3v) is 5.21. The summed E-state index contributed by atoms with van der Waals surface area (Å²) in [4.78, 5) is 29.8. The van der Waals surface area contributed by atoms with Gasteiger partial charge in [0, 0.05) is 30.4 Å². The molecule has 0 saturated heterocycles. The standard InChI is InChI=1S/C21H29N7O2/c1-3-13(2)17-10-15-12-28(21(30)27-19(15)26-17)16-6-4-14(5-7-16)11-25-18(29)8-9-24-20(22)23/h4-7,10,12-13,19,26H,3,8-9,11H2,1-2H3,(H,25,29)(H,27,30)(H4,22,23,24). The molecule has 160 valence electrons. The Balaban J connectivity index is 1.61. The maximum absolute atomic E-state index is 12.6. The van der Waals surface area contributed by atoms with Crippen LogP contribution in [0.1, 0.15) is 32.3 Å². The number of carbonyl (C=O) groups is 2. The predicted molar refractivity (Wildman–Crippen MR) is 117 cm³/mol. The third-order valence-electron chi connectivity index (χ3n) is 5.21. The largest absolute Gasteiger partial charge is 0.370 e. The molecule has 0 aromatic heterocycles. The summed E-state index contributed by atoms with van der Waals surface area (Å²) in [6, 6.07) is 7.31. The van der Waals surface area contributed by atoms with Crippen molar-refractivity contribution in [1.29, 1.82) is 0 Å². The molecule has 2 heterocycles. The van der Waals surface area contributed by atoms with E-state index in [1.807, 2.05) is 30.5 Å². The third kappa shape index (κ3) is 5.11. The van der Waals surface area contributed by atoms with Gasteiger partial charge in [-0.25, -0.2) is 4.79 Å². The number of aliphatic imine (C=N–C) groups is 1. The summed E-state index contributed by atoms with van der Waals surface area (Å²) in [5.41, 5.74) is 14.3. The Morgan fingerprint density at radius 3 is 2.67 bits per heavy atom. The quantitative estimate of drug-likeness (QED) is 0.324. The van der Waals surface area contributed by atoms with Gasteiger partial charge in [0.25, 0.3) is 0 Å². The van der Waals surface area contributed by atoms with Gasteiger partial charge in [-0.1, -0.05) is 26.0 Å². The van der Waals surface area contributed by atoms with Crippen molar-refractivity contribution in [2.75, 3.05) is 11.4 Å². The highest BCUT2D eigenvalue weighted by Crippen LogP contribution is 2.27. The van der Waals surface area contributed by atoms with E-state index in [0.717, 1.165) is 28.9 Å². The van der Waals surface area contributed by atoms with Crippen molar-refractivity contribution in [3.63, 3.8) is 0 Å². The average molecular weight is 412 g/mol. The summed E-state index contributed by atoms with van der Waals surface area (Å²) in [6.45, 7) is 4.95. The maximum Gasteiger partial charge on any atom is 0.327 e. The van der Waals surface area contributed by atoms with Crippen molar-refractivity contribution in [3.8, 4) is 0 Å². The Kier molecular flexibility index (Phi) is 6.61.